The lowest BCUT2D eigenvalue weighted by Gasteiger charge is -2.21. The highest BCUT2D eigenvalue weighted by molar-refractivity contribution is 7.92. The van der Waals surface area contributed by atoms with Gasteiger partial charge >= 0.3 is 0 Å². The summed E-state index contributed by atoms with van der Waals surface area (Å²) in [5, 5.41) is 2.61. The number of amides is 1. The van der Waals surface area contributed by atoms with Crippen molar-refractivity contribution in [3.8, 4) is 0 Å². The van der Waals surface area contributed by atoms with Crippen molar-refractivity contribution in [3.05, 3.63) is 0 Å². The summed E-state index contributed by atoms with van der Waals surface area (Å²) in [5.74, 6) is -0.474. The molecule has 0 spiro atoms. The Kier molecular flexibility index (Phi) is 2.62. The van der Waals surface area contributed by atoms with E-state index in [-0.39, 0.29) is 12.1 Å². The van der Waals surface area contributed by atoms with Gasteiger partial charge in [0.05, 0.1) is 0 Å². The minimum atomic E-state index is -3.39. The molecule has 82 valence electrons. The lowest BCUT2D eigenvalue weighted by molar-refractivity contribution is -0.123. The third-order valence-electron chi connectivity index (χ3n) is 2.63. The van der Waals surface area contributed by atoms with Crippen molar-refractivity contribution < 1.29 is 13.2 Å². The summed E-state index contributed by atoms with van der Waals surface area (Å²) in [5.41, 5.74) is 5.50. The molecule has 1 saturated carbocycles. The van der Waals surface area contributed by atoms with Gasteiger partial charge in [0.1, 0.15) is 4.75 Å². The second-order valence-electron chi connectivity index (χ2n) is 4.26. The maximum Gasteiger partial charge on any atom is 0.241 e. The fraction of sp³-hybridized carbons (Fsp3) is 0.875. The largest absolute Gasteiger partial charge is 0.350 e. The molecule has 0 aliphatic heterocycles. The van der Waals surface area contributed by atoms with Crippen LogP contribution in [0.4, 0.5) is 0 Å². The van der Waals surface area contributed by atoms with Gasteiger partial charge in [-0.05, 0) is 20.3 Å². The normalized spacial score (nSPS) is 27.1. The molecule has 1 amide bonds. The summed E-state index contributed by atoms with van der Waals surface area (Å²) < 4.78 is 21.2. The van der Waals surface area contributed by atoms with E-state index < -0.39 is 20.5 Å². The predicted octanol–water partition coefficient (Wildman–Crippen LogP) is -0.975. The van der Waals surface area contributed by atoms with Crippen molar-refractivity contribution >= 4 is 15.7 Å². The van der Waals surface area contributed by atoms with Gasteiger partial charge < -0.3 is 11.1 Å². The maximum atomic E-state index is 11.6. The van der Waals surface area contributed by atoms with Crippen LogP contribution in [-0.4, -0.2) is 37.4 Å². The average Bonchev–Trinajstić information content (AvgIpc) is 2.63. The van der Waals surface area contributed by atoms with Crippen LogP contribution < -0.4 is 11.1 Å². The van der Waals surface area contributed by atoms with Gasteiger partial charge in [-0.25, -0.2) is 8.42 Å². The van der Waals surface area contributed by atoms with Crippen LogP contribution in [-0.2, 0) is 14.6 Å². The van der Waals surface area contributed by atoms with Gasteiger partial charge in [-0.3, -0.25) is 4.79 Å². The fourth-order valence-electron chi connectivity index (χ4n) is 0.891. The van der Waals surface area contributed by atoms with Gasteiger partial charge in [0.2, 0.25) is 5.91 Å². The SMILES string of the molecule is CC(C)(C(=O)NC1CC1N)S(C)(=O)=O. The van der Waals surface area contributed by atoms with Gasteiger partial charge in [0, 0.05) is 18.3 Å². The highest BCUT2D eigenvalue weighted by Crippen LogP contribution is 2.21. The molecule has 14 heavy (non-hydrogen) atoms. The lowest BCUT2D eigenvalue weighted by Crippen LogP contribution is -2.49. The molecular weight excluding hydrogens is 204 g/mol. The first-order valence-corrected chi connectivity index (χ1v) is 6.31. The van der Waals surface area contributed by atoms with Gasteiger partial charge in [-0.15, -0.1) is 0 Å². The van der Waals surface area contributed by atoms with Crippen LogP contribution in [0.5, 0.6) is 0 Å². The van der Waals surface area contributed by atoms with E-state index in [1.807, 2.05) is 0 Å². The van der Waals surface area contributed by atoms with E-state index in [4.69, 9.17) is 5.73 Å². The monoisotopic (exact) mass is 220 g/mol. The van der Waals surface area contributed by atoms with Crippen molar-refractivity contribution in [2.24, 2.45) is 5.73 Å². The average molecular weight is 220 g/mol. The van der Waals surface area contributed by atoms with Gasteiger partial charge in [0.25, 0.3) is 0 Å². The number of hydrogen-bond donors (Lipinski definition) is 2. The summed E-state index contributed by atoms with van der Waals surface area (Å²) >= 11 is 0. The summed E-state index contributed by atoms with van der Waals surface area (Å²) in [4.78, 5) is 11.6. The van der Waals surface area contributed by atoms with Gasteiger partial charge in [0.15, 0.2) is 9.84 Å². The Bertz CT molecular complexity index is 348. The standard InChI is InChI=1S/C8H16N2O3S/c1-8(2,14(3,12)13)7(11)10-6-4-5(6)9/h5-6H,4,9H2,1-3H3,(H,10,11). The first kappa shape index (κ1) is 11.5. The Labute approximate surface area is 84.0 Å². The molecule has 0 saturated heterocycles. The minimum absolute atomic E-state index is 0.0192. The predicted molar refractivity (Wildman–Crippen MR) is 53.4 cm³/mol. The Balaban J connectivity index is 2.68. The van der Waals surface area contributed by atoms with E-state index >= 15 is 0 Å². The van der Waals surface area contributed by atoms with Crippen molar-refractivity contribution in [1.82, 2.24) is 5.32 Å². The van der Waals surface area contributed by atoms with Crippen LogP contribution in [0.25, 0.3) is 0 Å². The smallest absolute Gasteiger partial charge is 0.241 e. The van der Waals surface area contributed by atoms with Gasteiger partial charge in [-0.2, -0.15) is 0 Å². The number of nitrogens with one attached hydrogen (secondary N) is 1. The van der Waals surface area contributed by atoms with Crippen LogP contribution in [0.2, 0.25) is 0 Å². The first-order valence-electron chi connectivity index (χ1n) is 4.42. The molecule has 3 N–H and O–H groups in total. The zero-order valence-corrected chi connectivity index (χ0v) is 9.39. The summed E-state index contributed by atoms with van der Waals surface area (Å²) in [6.07, 6.45) is 1.78. The third kappa shape index (κ3) is 2.06. The molecule has 1 rings (SSSR count). The van der Waals surface area contributed by atoms with E-state index in [2.05, 4.69) is 5.32 Å². The number of hydrogen-bond acceptors (Lipinski definition) is 4. The quantitative estimate of drug-likeness (QED) is 0.640. The molecule has 0 radical (unpaired) electrons. The van der Waals surface area contributed by atoms with Crippen molar-refractivity contribution in [3.63, 3.8) is 0 Å². The number of nitrogens with two attached hydrogens (primary N) is 1. The highest BCUT2D eigenvalue weighted by atomic mass is 32.2. The Morgan fingerprint density at radius 2 is 1.93 bits per heavy atom. The maximum absolute atomic E-state index is 11.6. The molecule has 1 fully saturated rings. The summed E-state index contributed by atoms with van der Waals surface area (Å²) in [6, 6.07) is -0.0714. The minimum Gasteiger partial charge on any atom is -0.350 e. The van der Waals surface area contributed by atoms with Crippen molar-refractivity contribution in [2.45, 2.75) is 37.1 Å². The number of carbonyl (C=O) groups excluding carboxylic acids is 1. The molecule has 0 aromatic heterocycles. The molecule has 1 aliphatic rings. The number of sulfone groups is 1. The number of rotatable bonds is 3. The zero-order chi connectivity index (χ0) is 11.1. The molecule has 0 heterocycles. The molecule has 5 nitrogen and oxygen atoms in total. The Morgan fingerprint density at radius 3 is 2.21 bits per heavy atom. The summed E-state index contributed by atoms with van der Waals surface area (Å²) in [7, 11) is -3.39. The topological polar surface area (TPSA) is 89.3 Å². The van der Waals surface area contributed by atoms with Gasteiger partial charge in [-0.1, -0.05) is 0 Å². The molecule has 0 aromatic carbocycles. The van der Waals surface area contributed by atoms with Crippen LogP contribution in [0, 0.1) is 0 Å². The number of carbonyl (C=O) groups is 1. The van der Waals surface area contributed by atoms with Crippen LogP contribution in [0.1, 0.15) is 20.3 Å². The lowest BCUT2D eigenvalue weighted by atomic mass is 10.2. The molecule has 1 aliphatic carbocycles. The van der Waals surface area contributed by atoms with E-state index in [9.17, 15) is 13.2 Å². The molecular formula is C8H16N2O3S. The van der Waals surface area contributed by atoms with Crippen molar-refractivity contribution in [1.29, 1.82) is 0 Å². The zero-order valence-electron chi connectivity index (χ0n) is 8.57. The molecule has 0 bridgehead atoms. The first-order chi connectivity index (χ1) is 6.16. The fourth-order valence-corrected chi connectivity index (χ4v) is 1.29. The Hall–Kier alpha value is -0.620. The van der Waals surface area contributed by atoms with Crippen molar-refractivity contribution in [2.75, 3.05) is 6.26 Å². The van der Waals surface area contributed by atoms with E-state index in [1.165, 1.54) is 13.8 Å². The van der Waals surface area contributed by atoms with Crippen LogP contribution in [0.15, 0.2) is 0 Å². The molecule has 2 unspecified atom stereocenters. The second kappa shape index (κ2) is 3.20. The van der Waals surface area contributed by atoms with Crippen LogP contribution in [0.3, 0.4) is 0 Å². The second-order valence-corrected chi connectivity index (χ2v) is 6.83. The van der Waals surface area contributed by atoms with E-state index in [1.54, 1.807) is 0 Å². The summed E-state index contributed by atoms with van der Waals surface area (Å²) in [6.45, 7) is 2.79. The van der Waals surface area contributed by atoms with E-state index in [0.29, 0.717) is 0 Å². The molecule has 6 heteroatoms. The van der Waals surface area contributed by atoms with Crippen LogP contribution >= 0.6 is 0 Å². The molecule has 2 atom stereocenters. The van der Waals surface area contributed by atoms with E-state index in [0.717, 1.165) is 12.7 Å². The molecule has 0 aromatic rings. The Morgan fingerprint density at radius 1 is 1.50 bits per heavy atom. The third-order valence-corrected chi connectivity index (χ3v) is 4.67. The highest BCUT2D eigenvalue weighted by Gasteiger charge is 2.43.